The molecule has 2 aromatic heterocycles. The van der Waals surface area contributed by atoms with Gasteiger partial charge in [-0.05, 0) is 68.8 Å². The Morgan fingerprint density at radius 3 is 1.38 bits per heavy atom. The van der Waals surface area contributed by atoms with Gasteiger partial charge < -0.3 is 0 Å². The van der Waals surface area contributed by atoms with E-state index in [2.05, 4.69) is 98.8 Å². The molecule has 8 rings (SSSR count). The van der Waals surface area contributed by atoms with Gasteiger partial charge in [-0.25, -0.2) is 19.9 Å². The summed E-state index contributed by atoms with van der Waals surface area (Å²) in [6.45, 7) is 4.63. The smallest absolute Gasteiger partial charge is 0.159 e. The molecule has 4 heteroatoms. The van der Waals surface area contributed by atoms with Crippen molar-refractivity contribution in [2.45, 2.75) is 19.3 Å². The number of fused-ring (bicyclic) bond motifs is 3. The molecule has 0 N–H and O–H groups in total. The van der Waals surface area contributed by atoms with Crippen LogP contribution in [0.4, 0.5) is 0 Å². The van der Waals surface area contributed by atoms with Gasteiger partial charge >= 0.3 is 0 Å². The molecule has 7 aromatic rings. The second-order valence-corrected chi connectivity index (χ2v) is 12.1. The fraction of sp³-hybridized carbons (Fsp3) is 0.0732. The highest BCUT2D eigenvalue weighted by Crippen LogP contribution is 2.49. The summed E-state index contributed by atoms with van der Waals surface area (Å²) in [6, 6.07) is 42.4. The van der Waals surface area contributed by atoms with Crippen LogP contribution < -0.4 is 0 Å². The largest absolute Gasteiger partial charge is 0.236 e. The van der Waals surface area contributed by atoms with Gasteiger partial charge in [0.2, 0.25) is 0 Å². The average Bonchev–Trinajstić information content (AvgIpc) is 3.34. The third kappa shape index (κ3) is 4.81. The molecule has 0 aliphatic heterocycles. The normalized spacial score (nSPS) is 12.8. The lowest BCUT2D eigenvalue weighted by Gasteiger charge is -2.22. The number of hydrogen-bond acceptors (Lipinski definition) is 4. The summed E-state index contributed by atoms with van der Waals surface area (Å²) in [4.78, 5) is 19.2. The Balaban J connectivity index is 1.24. The Labute approximate surface area is 263 Å². The fourth-order valence-corrected chi connectivity index (χ4v) is 6.45. The minimum Gasteiger partial charge on any atom is -0.236 e. The molecule has 5 aromatic carbocycles. The molecule has 0 saturated carbocycles. The van der Waals surface area contributed by atoms with Gasteiger partial charge in [-0.15, -0.1) is 0 Å². The number of hydrogen-bond donors (Lipinski definition) is 0. The maximum Gasteiger partial charge on any atom is 0.159 e. The predicted molar refractivity (Wildman–Crippen MR) is 182 cm³/mol. The molecule has 4 nitrogen and oxygen atoms in total. The van der Waals surface area contributed by atoms with E-state index in [1.807, 2.05) is 61.2 Å². The van der Waals surface area contributed by atoms with E-state index in [0.717, 1.165) is 44.5 Å². The van der Waals surface area contributed by atoms with Crippen LogP contribution >= 0.6 is 0 Å². The lowest BCUT2D eigenvalue weighted by molar-refractivity contribution is 0.660. The van der Waals surface area contributed by atoms with E-state index in [-0.39, 0.29) is 5.41 Å². The minimum absolute atomic E-state index is 0.0882. The first kappa shape index (κ1) is 26.9. The first-order valence-electron chi connectivity index (χ1n) is 15.2. The maximum absolute atomic E-state index is 4.80. The third-order valence-electron chi connectivity index (χ3n) is 8.88. The van der Waals surface area contributed by atoms with Gasteiger partial charge in [0.05, 0.1) is 0 Å². The van der Waals surface area contributed by atoms with Crippen LogP contribution in [-0.2, 0) is 5.41 Å². The molecular formula is C41H30N4. The van der Waals surface area contributed by atoms with E-state index in [9.17, 15) is 0 Å². The summed E-state index contributed by atoms with van der Waals surface area (Å²) in [6.07, 6.45) is 7.57. The van der Waals surface area contributed by atoms with Gasteiger partial charge in [-0.2, -0.15) is 0 Å². The summed E-state index contributed by atoms with van der Waals surface area (Å²) >= 11 is 0. The maximum atomic E-state index is 4.80. The van der Waals surface area contributed by atoms with Gasteiger partial charge in [0.15, 0.2) is 11.6 Å². The molecule has 1 aliphatic carbocycles. The van der Waals surface area contributed by atoms with Gasteiger partial charge in [0.25, 0.3) is 0 Å². The number of benzene rings is 5. The topological polar surface area (TPSA) is 51.6 Å². The second-order valence-electron chi connectivity index (χ2n) is 12.1. The molecule has 0 saturated heterocycles. The summed E-state index contributed by atoms with van der Waals surface area (Å²) in [5.41, 5.74) is 13.4. The van der Waals surface area contributed by atoms with Crippen LogP contribution in [-0.4, -0.2) is 19.9 Å². The summed E-state index contributed by atoms with van der Waals surface area (Å²) in [5, 5.41) is 0. The molecular weight excluding hydrogens is 548 g/mol. The van der Waals surface area contributed by atoms with E-state index in [4.69, 9.17) is 19.9 Å². The SMILES string of the molecule is CC1(C)c2ccccc2-c2ccc(-c3cc(-c4ncc(-c5ccccc5)cn4)cc(-c4ncc(-c5ccccc5)cn4)c3)cc21. The van der Waals surface area contributed by atoms with Crippen LogP contribution in [0.25, 0.3) is 67.3 Å². The first-order valence-corrected chi connectivity index (χ1v) is 15.2. The molecule has 0 fully saturated rings. The second kappa shape index (κ2) is 10.8. The number of rotatable bonds is 5. The van der Waals surface area contributed by atoms with Gasteiger partial charge in [-0.1, -0.05) is 111 Å². The van der Waals surface area contributed by atoms with Crippen LogP contribution in [0, 0.1) is 0 Å². The monoisotopic (exact) mass is 578 g/mol. The Morgan fingerprint density at radius 1 is 0.356 bits per heavy atom. The highest BCUT2D eigenvalue weighted by atomic mass is 14.9. The van der Waals surface area contributed by atoms with Crippen molar-refractivity contribution in [1.82, 2.24) is 19.9 Å². The number of aromatic nitrogens is 4. The molecule has 1 aliphatic rings. The Bertz CT molecular complexity index is 2050. The zero-order chi connectivity index (χ0) is 30.4. The molecule has 0 spiro atoms. The standard InChI is InChI=1S/C41H30N4/c1-41(2)37-16-10-9-15-35(37)36-18-17-29(22-38(36)41)30-19-31(39-42-23-33(24-43-39)27-11-5-3-6-12-27)21-32(20-30)40-44-25-34(26-45-40)28-13-7-4-8-14-28/h3-26H,1-2H3. The van der Waals surface area contributed by atoms with Crippen molar-refractivity contribution in [2.75, 3.05) is 0 Å². The van der Waals surface area contributed by atoms with E-state index in [1.54, 1.807) is 0 Å². The van der Waals surface area contributed by atoms with Crippen LogP contribution in [0.3, 0.4) is 0 Å². The van der Waals surface area contributed by atoms with E-state index < -0.39 is 0 Å². The van der Waals surface area contributed by atoms with E-state index in [0.29, 0.717) is 11.6 Å². The molecule has 0 amide bonds. The molecule has 0 atom stereocenters. The molecule has 0 radical (unpaired) electrons. The van der Waals surface area contributed by atoms with Gasteiger partial charge in [0, 0.05) is 52.5 Å². The molecule has 2 heterocycles. The van der Waals surface area contributed by atoms with Gasteiger partial charge in [0.1, 0.15) is 0 Å². The summed E-state index contributed by atoms with van der Waals surface area (Å²) < 4.78 is 0. The Kier molecular flexibility index (Phi) is 6.42. The first-order chi connectivity index (χ1) is 22.0. The van der Waals surface area contributed by atoms with Crippen LogP contribution in [0.1, 0.15) is 25.0 Å². The fourth-order valence-electron chi connectivity index (χ4n) is 6.45. The molecule has 214 valence electrons. The Morgan fingerprint density at radius 2 is 0.822 bits per heavy atom. The summed E-state index contributed by atoms with van der Waals surface area (Å²) in [7, 11) is 0. The quantitative estimate of drug-likeness (QED) is 0.204. The zero-order valence-corrected chi connectivity index (χ0v) is 25.1. The van der Waals surface area contributed by atoms with Crippen LogP contribution in [0.15, 0.2) is 146 Å². The molecule has 45 heavy (non-hydrogen) atoms. The van der Waals surface area contributed by atoms with Gasteiger partial charge in [-0.3, -0.25) is 0 Å². The lowest BCUT2D eigenvalue weighted by atomic mass is 9.81. The molecule has 0 unspecified atom stereocenters. The van der Waals surface area contributed by atoms with Crippen LogP contribution in [0.2, 0.25) is 0 Å². The summed E-state index contributed by atoms with van der Waals surface area (Å²) in [5.74, 6) is 1.32. The third-order valence-corrected chi connectivity index (χ3v) is 8.88. The molecule has 0 bridgehead atoms. The van der Waals surface area contributed by atoms with Crippen LogP contribution in [0.5, 0.6) is 0 Å². The van der Waals surface area contributed by atoms with Crippen molar-refractivity contribution in [2.24, 2.45) is 0 Å². The van der Waals surface area contributed by atoms with Crippen molar-refractivity contribution >= 4 is 0 Å². The predicted octanol–water partition coefficient (Wildman–Crippen LogP) is 9.91. The van der Waals surface area contributed by atoms with Crippen molar-refractivity contribution in [3.05, 3.63) is 157 Å². The lowest BCUT2D eigenvalue weighted by Crippen LogP contribution is -2.14. The minimum atomic E-state index is -0.0882. The van der Waals surface area contributed by atoms with Crippen molar-refractivity contribution in [3.8, 4) is 67.3 Å². The average molecular weight is 579 g/mol. The van der Waals surface area contributed by atoms with Crippen molar-refractivity contribution in [1.29, 1.82) is 0 Å². The van der Waals surface area contributed by atoms with E-state index in [1.165, 1.54) is 22.3 Å². The van der Waals surface area contributed by atoms with E-state index >= 15 is 0 Å². The zero-order valence-electron chi connectivity index (χ0n) is 25.1. The Hall–Kier alpha value is -5.74. The van der Waals surface area contributed by atoms with Crippen molar-refractivity contribution < 1.29 is 0 Å². The highest BCUT2D eigenvalue weighted by Gasteiger charge is 2.35. The highest BCUT2D eigenvalue weighted by molar-refractivity contribution is 5.85. The number of nitrogens with zero attached hydrogens (tertiary/aromatic N) is 4. The van der Waals surface area contributed by atoms with Crippen molar-refractivity contribution in [3.63, 3.8) is 0 Å².